The van der Waals surface area contributed by atoms with E-state index in [1.807, 2.05) is 6.92 Å². The summed E-state index contributed by atoms with van der Waals surface area (Å²) in [6, 6.07) is 3.95. The highest BCUT2D eigenvalue weighted by Gasteiger charge is 2.20. The van der Waals surface area contributed by atoms with Gasteiger partial charge in [-0.15, -0.1) is 12.4 Å². The fourth-order valence-corrected chi connectivity index (χ4v) is 1.71. The smallest absolute Gasteiger partial charge is 0.142 e. The molecule has 0 aliphatic rings. The van der Waals surface area contributed by atoms with Crippen LogP contribution in [0.5, 0.6) is 0 Å². The van der Waals surface area contributed by atoms with Gasteiger partial charge in [0.1, 0.15) is 5.82 Å². The van der Waals surface area contributed by atoms with Crippen molar-refractivity contribution < 1.29 is 9.50 Å². The lowest BCUT2D eigenvalue weighted by atomic mass is 9.99. The van der Waals surface area contributed by atoms with E-state index in [0.29, 0.717) is 12.0 Å². The third kappa shape index (κ3) is 3.59. The predicted octanol–water partition coefficient (Wildman–Crippen LogP) is 3.06. The average Bonchev–Trinajstić information content (AvgIpc) is 2.21. The van der Waals surface area contributed by atoms with Crippen molar-refractivity contribution in [3.8, 4) is 0 Å². The van der Waals surface area contributed by atoms with Crippen molar-refractivity contribution in [2.45, 2.75) is 31.9 Å². The third-order valence-electron chi connectivity index (χ3n) is 2.33. The monoisotopic (exact) mass is 267 g/mol. The van der Waals surface area contributed by atoms with E-state index in [0.717, 1.165) is 6.42 Å². The standard InChI is InChI=1S/C11H15ClFNO.ClH/c1-2-4-9(14)11(15)7-5-3-6-8(13)10(7)12;/h3,5-6,9,11,15H,2,4,14H2,1H3;1H/t9-,11+;/m1./s1. The van der Waals surface area contributed by atoms with Crippen LogP contribution in [0, 0.1) is 5.82 Å². The van der Waals surface area contributed by atoms with Gasteiger partial charge in [0.05, 0.1) is 11.1 Å². The van der Waals surface area contributed by atoms with Crippen molar-refractivity contribution in [3.63, 3.8) is 0 Å². The van der Waals surface area contributed by atoms with Crippen molar-refractivity contribution in [2.24, 2.45) is 5.73 Å². The molecule has 0 heterocycles. The summed E-state index contributed by atoms with van der Waals surface area (Å²) < 4.78 is 13.1. The Balaban J connectivity index is 0.00000225. The minimum atomic E-state index is -0.909. The van der Waals surface area contributed by atoms with E-state index in [1.165, 1.54) is 12.1 Å². The van der Waals surface area contributed by atoms with Crippen LogP contribution >= 0.6 is 24.0 Å². The van der Waals surface area contributed by atoms with Gasteiger partial charge < -0.3 is 10.8 Å². The average molecular weight is 268 g/mol. The van der Waals surface area contributed by atoms with Crippen LogP contribution in [-0.4, -0.2) is 11.1 Å². The van der Waals surface area contributed by atoms with Crippen LogP contribution in [0.25, 0.3) is 0 Å². The molecule has 2 atom stereocenters. The Bertz CT molecular complexity index is 336. The van der Waals surface area contributed by atoms with E-state index < -0.39 is 18.0 Å². The van der Waals surface area contributed by atoms with Crippen molar-refractivity contribution in [2.75, 3.05) is 0 Å². The van der Waals surface area contributed by atoms with Crippen LogP contribution < -0.4 is 5.73 Å². The van der Waals surface area contributed by atoms with Crippen molar-refractivity contribution >= 4 is 24.0 Å². The molecular formula is C11H16Cl2FNO. The van der Waals surface area contributed by atoms with Gasteiger partial charge in [-0.1, -0.05) is 37.1 Å². The molecule has 0 aliphatic carbocycles. The first-order valence-electron chi connectivity index (χ1n) is 4.95. The minimum Gasteiger partial charge on any atom is -0.387 e. The molecule has 0 unspecified atom stereocenters. The molecule has 0 amide bonds. The third-order valence-corrected chi connectivity index (χ3v) is 2.73. The Morgan fingerprint density at radius 1 is 1.50 bits per heavy atom. The van der Waals surface area contributed by atoms with Gasteiger partial charge in [-0.2, -0.15) is 0 Å². The first-order valence-corrected chi connectivity index (χ1v) is 5.33. The molecule has 1 aromatic carbocycles. The molecule has 0 spiro atoms. The second-order valence-electron chi connectivity index (χ2n) is 3.54. The lowest BCUT2D eigenvalue weighted by molar-refractivity contribution is 0.141. The van der Waals surface area contributed by atoms with E-state index >= 15 is 0 Å². The summed E-state index contributed by atoms with van der Waals surface area (Å²) in [5, 5.41) is 9.80. The summed E-state index contributed by atoms with van der Waals surface area (Å²) in [5.74, 6) is -0.531. The van der Waals surface area contributed by atoms with Crippen LogP contribution in [-0.2, 0) is 0 Å². The molecular weight excluding hydrogens is 252 g/mol. The maximum absolute atomic E-state index is 13.1. The molecule has 0 aromatic heterocycles. The second-order valence-corrected chi connectivity index (χ2v) is 3.92. The highest BCUT2D eigenvalue weighted by Crippen LogP contribution is 2.27. The van der Waals surface area contributed by atoms with Crippen LogP contribution in [0.15, 0.2) is 18.2 Å². The summed E-state index contributed by atoms with van der Waals surface area (Å²) >= 11 is 5.74. The number of aliphatic hydroxyl groups excluding tert-OH is 1. The summed E-state index contributed by atoms with van der Waals surface area (Å²) in [7, 11) is 0. The van der Waals surface area contributed by atoms with Gasteiger partial charge in [-0.05, 0) is 12.5 Å². The van der Waals surface area contributed by atoms with Crippen molar-refractivity contribution in [1.82, 2.24) is 0 Å². The van der Waals surface area contributed by atoms with Gasteiger partial charge in [0.2, 0.25) is 0 Å². The molecule has 1 aromatic rings. The normalized spacial score (nSPS) is 14.1. The van der Waals surface area contributed by atoms with Gasteiger partial charge in [0.15, 0.2) is 0 Å². The van der Waals surface area contributed by atoms with Gasteiger partial charge in [-0.3, -0.25) is 0 Å². The largest absolute Gasteiger partial charge is 0.387 e. The molecule has 92 valence electrons. The van der Waals surface area contributed by atoms with Crippen molar-refractivity contribution in [1.29, 1.82) is 0 Å². The number of nitrogens with two attached hydrogens (primary N) is 1. The molecule has 0 radical (unpaired) electrons. The number of aliphatic hydroxyl groups is 1. The van der Waals surface area contributed by atoms with Crippen molar-refractivity contribution in [3.05, 3.63) is 34.6 Å². The molecule has 2 nitrogen and oxygen atoms in total. The molecule has 0 bridgehead atoms. The van der Waals surface area contributed by atoms with E-state index in [1.54, 1.807) is 6.07 Å². The van der Waals surface area contributed by atoms with E-state index in [9.17, 15) is 9.50 Å². The number of rotatable bonds is 4. The van der Waals surface area contributed by atoms with E-state index in [4.69, 9.17) is 17.3 Å². The fraction of sp³-hybridized carbons (Fsp3) is 0.455. The zero-order valence-corrected chi connectivity index (χ0v) is 10.6. The lowest BCUT2D eigenvalue weighted by Crippen LogP contribution is -2.28. The highest BCUT2D eigenvalue weighted by atomic mass is 35.5. The second kappa shape index (κ2) is 7.07. The van der Waals surface area contributed by atoms with Gasteiger partial charge in [0, 0.05) is 11.6 Å². The Morgan fingerprint density at radius 3 is 2.69 bits per heavy atom. The number of halogens is 3. The Kier molecular flexibility index (Phi) is 6.91. The number of hydrogen-bond acceptors (Lipinski definition) is 2. The molecule has 1 rings (SSSR count). The molecule has 0 fully saturated rings. The molecule has 0 saturated carbocycles. The summed E-state index contributed by atoms with van der Waals surface area (Å²) in [6.07, 6.45) is 0.632. The molecule has 5 heteroatoms. The quantitative estimate of drug-likeness (QED) is 0.881. The van der Waals surface area contributed by atoms with Crippen LogP contribution in [0.3, 0.4) is 0 Å². The molecule has 3 N–H and O–H groups in total. The highest BCUT2D eigenvalue weighted by molar-refractivity contribution is 6.31. The summed E-state index contributed by atoms with van der Waals surface area (Å²) in [6.45, 7) is 1.97. The Hall–Kier alpha value is -0.350. The minimum absolute atomic E-state index is 0. The Labute approximate surface area is 106 Å². The van der Waals surface area contributed by atoms with Gasteiger partial charge in [0.25, 0.3) is 0 Å². The maximum atomic E-state index is 13.1. The molecule has 16 heavy (non-hydrogen) atoms. The summed E-state index contributed by atoms with van der Waals surface area (Å²) in [5.41, 5.74) is 6.11. The topological polar surface area (TPSA) is 46.2 Å². The lowest BCUT2D eigenvalue weighted by Gasteiger charge is -2.19. The Morgan fingerprint density at radius 2 is 2.12 bits per heavy atom. The van der Waals surface area contributed by atoms with Gasteiger partial charge in [-0.25, -0.2) is 4.39 Å². The predicted molar refractivity (Wildman–Crippen MR) is 66.5 cm³/mol. The van der Waals surface area contributed by atoms with E-state index in [2.05, 4.69) is 0 Å². The first-order chi connectivity index (χ1) is 7.07. The number of benzene rings is 1. The maximum Gasteiger partial charge on any atom is 0.142 e. The first kappa shape index (κ1) is 15.7. The zero-order valence-electron chi connectivity index (χ0n) is 8.99. The number of hydrogen-bond donors (Lipinski definition) is 2. The SMILES string of the molecule is CCC[C@@H](N)[C@@H](O)c1cccc(F)c1Cl.Cl. The van der Waals surface area contributed by atoms with Gasteiger partial charge >= 0.3 is 0 Å². The van der Waals surface area contributed by atoms with Crippen LogP contribution in [0.1, 0.15) is 31.4 Å². The zero-order chi connectivity index (χ0) is 11.4. The molecule has 0 aliphatic heterocycles. The van der Waals surface area contributed by atoms with Crippen LogP contribution in [0.2, 0.25) is 5.02 Å². The van der Waals surface area contributed by atoms with Crippen LogP contribution in [0.4, 0.5) is 4.39 Å². The fourth-order valence-electron chi connectivity index (χ4n) is 1.47. The summed E-state index contributed by atoms with van der Waals surface area (Å²) in [4.78, 5) is 0. The molecule has 0 saturated heterocycles. The van der Waals surface area contributed by atoms with E-state index in [-0.39, 0.29) is 17.4 Å².